The minimum atomic E-state index is -0.566. The standard InChI is InChI=1S/C9H10BrFO2/c10-5-8(12)6-13-9-3-1-2-7(11)4-9/h1-4,8,12H,5-6H2. The van der Waals surface area contributed by atoms with Gasteiger partial charge in [0.2, 0.25) is 0 Å². The molecule has 0 aliphatic heterocycles. The second kappa shape index (κ2) is 5.19. The number of rotatable bonds is 4. The zero-order valence-electron chi connectivity index (χ0n) is 6.91. The first kappa shape index (κ1) is 10.5. The van der Waals surface area contributed by atoms with Gasteiger partial charge in [-0.05, 0) is 12.1 Å². The molecule has 1 aromatic rings. The number of halogens is 2. The van der Waals surface area contributed by atoms with E-state index in [1.165, 1.54) is 12.1 Å². The Hall–Kier alpha value is -0.610. The average Bonchev–Trinajstić information content (AvgIpc) is 2.14. The summed E-state index contributed by atoms with van der Waals surface area (Å²) in [6, 6.07) is 5.82. The normalized spacial score (nSPS) is 12.5. The third-order valence-corrected chi connectivity index (χ3v) is 2.16. The van der Waals surface area contributed by atoms with Crippen molar-refractivity contribution in [3.8, 4) is 5.75 Å². The highest BCUT2D eigenvalue weighted by molar-refractivity contribution is 9.09. The average molecular weight is 249 g/mol. The number of aliphatic hydroxyl groups is 1. The summed E-state index contributed by atoms with van der Waals surface area (Å²) in [4.78, 5) is 0. The Morgan fingerprint density at radius 1 is 1.54 bits per heavy atom. The fourth-order valence-corrected chi connectivity index (χ4v) is 0.981. The van der Waals surface area contributed by atoms with Gasteiger partial charge in [-0.3, -0.25) is 0 Å². The van der Waals surface area contributed by atoms with Crippen molar-refractivity contribution < 1.29 is 14.2 Å². The molecule has 0 saturated heterocycles. The van der Waals surface area contributed by atoms with E-state index in [0.29, 0.717) is 11.1 Å². The van der Waals surface area contributed by atoms with Crippen LogP contribution in [0.4, 0.5) is 4.39 Å². The molecule has 0 amide bonds. The van der Waals surface area contributed by atoms with Gasteiger partial charge in [0.25, 0.3) is 0 Å². The van der Waals surface area contributed by atoms with Crippen LogP contribution in [0, 0.1) is 5.82 Å². The number of benzene rings is 1. The molecule has 0 saturated carbocycles. The van der Waals surface area contributed by atoms with Gasteiger partial charge in [0.1, 0.15) is 18.2 Å². The van der Waals surface area contributed by atoms with E-state index in [1.807, 2.05) is 0 Å². The van der Waals surface area contributed by atoms with Crippen LogP contribution in [0.25, 0.3) is 0 Å². The van der Waals surface area contributed by atoms with Crippen LogP contribution in [0.2, 0.25) is 0 Å². The van der Waals surface area contributed by atoms with Crippen molar-refractivity contribution in [1.82, 2.24) is 0 Å². The minimum Gasteiger partial charge on any atom is -0.491 e. The Morgan fingerprint density at radius 2 is 2.31 bits per heavy atom. The van der Waals surface area contributed by atoms with Gasteiger partial charge in [0, 0.05) is 11.4 Å². The Bertz CT molecular complexity index is 268. The zero-order chi connectivity index (χ0) is 9.68. The molecule has 1 atom stereocenters. The molecule has 13 heavy (non-hydrogen) atoms. The molecule has 0 aliphatic rings. The first-order valence-electron chi connectivity index (χ1n) is 3.85. The molecule has 0 radical (unpaired) electrons. The number of aliphatic hydroxyl groups excluding tert-OH is 1. The Labute approximate surface area is 84.5 Å². The van der Waals surface area contributed by atoms with Gasteiger partial charge in [0.15, 0.2) is 0 Å². The molecule has 72 valence electrons. The maximum atomic E-state index is 12.6. The lowest BCUT2D eigenvalue weighted by Crippen LogP contribution is -2.18. The second-order valence-electron chi connectivity index (χ2n) is 2.58. The first-order valence-corrected chi connectivity index (χ1v) is 4.97. The van der Waals surface area contributed by atoms with Gasteiger partial charge in [0.05, 0.1) is 6.10 Å². The summed E-state index contributed by atoms with van der Waals surface area (Å²) in [5.74, 6) is 0.0887. The summed E-state index contributed by atoms with van der Waals surface area (Å²) in [7, 11) is 0. The van der Waals surface area contributed by atoms with E-state index >= 15 is 0 Å². The molecule has 1 N–H and O–H groups in total. The summed E-state index contributed by atoms with van der Waals surface area (Å²) in [5.41, 5.74) is 0. The van der Waals surface area contributed by atoms with E-state index < -0.39 is 6.10 Å². The molecule has 0 fully saturated rings. The smallest absolute Gasteiger partial charge is 0.126 e. The second-order valence-corrected chi connectivity index (χ2v) is 3.22. The molecule has 1 aromatic carbocycles. The molecule has 4 heteroatoms. The van der Waals surface area contributed by atoms with Gasteiger partial charge >= 0.3 is 0 Å². The van der Waals surface area contributed by atoms with Crippen molar-refractivity contribution in [2.45, 2.75) is 6.10 Å². The monoisotopic (exact) mass is 248 g/mol. The Balaban J connectivity index is 2.45. The van der Waals surface area contributed by atoms with Gasteiger partial charge in [-0.15, -0.1) is 0 Å². The van der Waals surface area contributed by atoms with Crippen LogP contribution >= 0.6 is 15.9 Å². The third kappa shape index (κ3) is 3.74. The van der Waals surface area contributed by atoms with E-state index in [1.54, 1.807) is 12.1 Å². The van der Waals surface area contributed by atoms with Crippen molar-refractivity contribution >= 4 is 15.9 Å². The lowest BCUT2D eigenvalue weighted by atomic mass is 10.3. The van der Waals surface area contributed by atoms with Crippen LogP contribution in [0.3, 0.4) is 0 Å². The molecule has 1 unspecified atom stereocenters. The maximum Gasteiger partial charge on any atom is 0.126 e. The molecule has 0 bridgehead atoms. The highest BCUT2D eigenvalue weighted by Gasteiger charge is 2.02. The number of alkyl halides is 1. The molecule has 0 aliphatic carbocycles. The van der Waals surface area contributed by atoms with E-state index in [9.17, 15) is 4.39 Å². The van der Waals surface area contributed by atoms with Crippen LogP contribution in [0.1, 0.15) is 0 Å². The predicted molar refractivity (Wildman–Crippen MR) is 51.7 cm³/mol. The number of ether oxygens (including phenoxy) is 1. The van der Waals surface area contributed by atoms with Crippen molar-refractivity contribution in [3.63, 3.8) is 0 Å². The summed E-state index contributed by atoms with van der Waals surface area (Å²) < 4.78 is 17.7. The lowest BCUT2D eigenvalue weighted by Gasteiger charge is -2.09. The molecular weight excluding hydrogens is 239 g/mol. The highest BCUT2D eigenvalue weighted by atomic mass is 79.9. The fourth-order valence-electron chi connectivity index (χ4n) is 0.794. The summed E-state index contributed by atoms with van der Waals surface area (Å²) in [6.45, 7) is 0.161. The van der Waals surface area contributed by atoms with Gasteiger partial charge in [-0.2, -0.15) is 0 Å². The Kier molecular flexibility index (Phi) is 4.18. The summed E-state index contributed by atoms with van der Waals surface area (Å²) in [6.07, 6.45) is -0.566. The maximum absolute atomic E-state index is 12.6. The predicted octanol–water partition coefficient (Wildman–Crippen LogP) is 1.96. The molecule has 0 heterocycles. The van der Waals surface area contributed by atoms with Crippen LogP contribution < -0.4 is 4.74 Å². The van der Waals surface area contributed by atoms with Crippen molar-refractivity contribution in [2.75, 3.05) is 11.9 Å². The number of hydrogen-bond acceptors (Lipinski definition) is 2. The van der Waals surface area contributed by atoms with E-state index in [4.69, 9.17) is 9.84 Å². The van der Waals surface area contributed by atoms with Crippen LogP contribution in [-0.4, -0.2) is 23.1 Å². The van der Waals surface area contributed by atoms with Gasteiger partial charge in [-0.1, -0.05) is 22.0 Å². The van der Waals surface area contributed by atoms with Crippen LogP contribution in [-0.2, 0) is 0 Å². The Morgan fingerprint density at radius 3 is 2.92 bits per heavy atom. The first-order chi connectivity index (χ1) is 6.22. The van der Waals surface area contributed by atoms with E-state index in [0.717, 1.165) is 0 Å². The van der Waals surface area contributed by atoms with Crippen molar-refractivity contribution in [1.29, 1.82) is 0 Å². The SMILES string of the molecule is OC(CBr)COc1cccc(F)c1. The third-order valence-electron chi connectivity index (χ3n) is 1.42. The zero-order valence-corrected chi connectivity index (χ0v) is 8.50. The summed E-state index contributed by atoms with van der Waals surface area (Å²) >= 11 is 3.10. The largest absolute Gasteiger partial charge is 0.491 e. The fraction of sp³-hybridized carbons (Fsp3) is 0.333. The number of hydrogen-bond donors (Lipinski definition) is 1. The molecule has 1 rings (SSSR count). The lowest BCUT2D eigenvalue weighted by molar-refractivity contribution is 0.127. The van der Waals surface area contributed by atoms with Crippen molar-refractivity contribution in [2.24, 2.45) is 0 Å². The minimum absolute atomic E-state index is 0.161. The topological polar surface area (TPSA) is 29.5 Å². The molecular formula is C9H10BrFO2. The van der Waals surface area contributed by atoms with Crippen LogP contribution in [0.5, 0.6) is 5.75 Å². The van der Waals surface area contributed by atoms with Crippen LogP contribution in [0.15, 0.2) is 24.3 Å². The van der Waals surface area contributed by atoms with Crippen molar-refractivity contribution in [3.05, 3.63) is 30.1 Å². The summed E-state index contributed by atoms with van der Waals surface area (Å²) in [5, 5.41) is 9.57. The van der Waals surface area contributed by atoms with E-state index in [2.05, 4.69) is 15.9 Å². The van der Waals surface area contributed by atoms with E-state index in [-0.39, 0.29) is 12.4 Å². The quantitative estimate of drug-likeness (QED) is 0.826. The molecule has 0 aromatic heterocycles. The van der Waals surface area contributed by atoms with Gasteiger partial charge < -0.3 is 9.84 Å². The highest BCUT2D eigenvalue weighted by Crippen LogP contribution is 2.12. The molecule has 2 nitrogen and oxygen atoms in total. The van der Waals surface area contributed by atoms with Gasteiger partial charge in [-0.25, -0.2) is 4.39 Å². The molecule has 0 spiro atoms.